The number of benzene rings is 2. The Balaban J connectivity index is 1.36. The Morgan fingerprint density at radius 3 is 2.81 bits per heavy atom. The summed E-state index contributed by atoms with van der Waals surface area (Å²) in [6.07, 6.45) is 3.74. The van der Waals surface area contributed by atoms with Gasteiger partial charge in [0.25, 0.3) is 0 Å². The highest BCUT2D eigenvalue weighted by Crippen LogP contribution is 2.25. The van der Waals surface area contributed by atoms with E-state index in [9.17, 15) is 9.59 Å². The molecule has 26 heavy (non-hydrogen) atoms. The number of hydrogen-bond donors (Lipinski definition) is 1. The van der Waals surface area contributed by atoms with Crippen LogP contribution in [0.15, 0.2) is 36.4 Å². The van der Waals surface area contributed by atoms with E-state index in [1.165, 1.54) is 17.5 Å². The summed E-state index contributed by atoms with van der Waals surface area (Å²) in [5.74, 6) is -0.108. The van der Waals surface area contributed by atoms with E-state index < -0.39 is 0 Å². The lowest BCUT2D eigenvalue weighted by atomic mass is 10.0. The largest absolute Gasteiger partial charge is 0.326 e. The number of nitrogens with one attached hydrogen (secondary N) is 1. The Bertz CT molecular complexity index is 1010. The Morgan fingerprint density at radius 1 is 1.08 bits per heavy atom. The molecule has 0 atom stereocenters. The fraction of sp³-hybridized carbons (Fsp3) is 0.286. The first kappa shape index (κ1) is 16.9. The molecule has 0 radical (unpaired) electrons. The van der Waals surface area contributed by atoms with Crippen molar-refractivity contribution in [1.29, 1.82) is 0 Å². The Kier molecular flexibility index (Phi) is 4.55. The van der Waals surface area contributed by atoms with E-state index >= 15 is 0 Å². The van der Waals surface area contributed by atoms with E-state index in [-0.39, 0.29) is 24.5 Å². The molecule has 0 bridgehead atoms. The number of amides is 1. The SMILES string of the molecule is Cc1nc2ccc(NC(=O)CCC(=O)c3ccc4c(c3)CCC4)cc2s1. The topological polar surface area (TPSA) is 59.1 Å². The van der Waals surface area contributed by atoms with E-state index in [0.29, 0.717) is 0 Å². The molecule has 132 valence electrons. The minimum Gasteiger partial charge on any atom is -0.326 e. The molecule has 0 unspecified atom stereocenters. The third kappa shape index (κ3) is 3.53. The summed E-state index contributed by atoms with van der Waals surface area (Å²) in [4.78, 5) is 29.0. The van der Waals surface area contributed by atoms with Gasteiger partial charge in [-0.3, -0.25) is 9.59 Å². The highest BCUT2D eigenvalue weighted by Gasteiger charge is 2.15. The predicted molar refractivity (Wildman–Crippen MR) is 105 cm³/mol. The van der Waals surface area contributed by atoms with Gasteiger partial charge in [0.05, 0.1) is 15.2 Å². The van der Waals surface area contributed by atoms with Gasteiger partial charge in [-0.15, -0.1) is 11.3 Å². The minimum atomic E-state index is -0.139. The number of hydrogen-bond acceptors (Lipinski definition) is 4. The van der Waals surface area contributed by atoms with Crippen molar-refractivity contribution in [2.75, 3.05) is 5.32 Å². The number of carbonyl (C=O) groups excluding carboxylic acids is 2. The maximum absolute atomic E-state index is 12.4. The van der Waals surface area contributed by atoms with Crippen LogP contribution in [0.1, 0.15) is 45.8 Å². The molecule has 0 saturated heterocycles. The first-order valence-electron chi connectivity index (χ1n) is 8.90. The lowest BCUT2D eigenvalue weighted by molar-refractivity contribution is -0.116. The lowest BCUT2D eigenvalue weighted by Crippen LogP contribution is -2.13. The van der Waals surface area contributed by atoms with Crippen LogP contribution in [0.3, 0.4) is 0 Å². The summed E-state index contributed by atoms with van der Waals surface area (Å²) in [6.45, 7) is 1.97. The molecule has 2 aromatic carbocycles. The molecule has 1 amide bonds. The second-order valence-electron chi connectivity index (χ2n) is 6.72. The Hall–Kier alpha value is -2.53. The van der Waals surface area contributed by atoms with Crippen molar-refractivity contribution in [2.24, 2.45) is 0 Å². The van der Waals surface area contributed by atoms with Crippen molar-refractivity contribution < 1.29 is 9.59 Å². The van der Waals surface area contributed by atoms with E-state index in [1.54, 1.807) is 11.3 Å². The summed E-state index contributed by atoms with van der Waals surface area (Å²) in [5, 5.41) is 3.88. The summed E-state index contributed by atoms with van der Waals surface area (Å²) in [6, 6.07) is 11.6. The molecule has 3 aromatic rings. The van der Waals surface area contributed by atoms with Crippen LogP contribution >= 0.6 is 11.3 Å². The molecule has 0 spiro atoms. The molecule has 4 nitrogen and oxygen atoms in total. The standard InChI is InChI=1S/C21H20N2O2S/c1-13-22-18-8-7-17(12-20(18)26-13)23-21(25)10-9-19(24)16-6-5-14-3-2-4-15(14)11-16/h5-8,11-12H,2-4,9-10H2,1H3,(H,23,25). The van der Waals surface area contributed by atoms with Gasteiger partial charge in [0.15, 0.2) is 5.78 Å². The molecule has 1 heterocycles. The molecule has 0 fully saturated rings. The number of anilines is 1. The van der Waals surface area contributed by atoms with Crippen LogP contribution < -0.4 is 5.32 Å². The van der Waals surface area contributed by atoms with Crippen LogP contribution in [-0.4, -0.2) is 16.7 Å². The van der Waals surface area contributed by atoms with Crippen molar-refractivity contribution in [2.45, 2.75) is 39.0 Å². The van der Waals surface area contributed by atoms with Gasteiger partial charge in [-0.2, -0.15) is 0 Å². The Labute approximate surface area is 156 Å². The van der Waals surface area contributed by atoms with Crippen LogP contribution in [-0.2, 0) is 17.6 Å². The van der Waals surface area contributed by atoms with Crippen molar-refractivity contribution >= 4 is 38.9 Å². The maximum Gasteiger partial charge on any atom is 0.224 e. The number of carbonyl (C=O) groups is 2. The first-order chi connectivity index (χ1) is 12.6. The zero-order valence-corrected chi connectivity index (χ0v) is 15.5. The predicted octanol–water partition coefficient (Wildman–Crippen LogP) is 4.70. The molecule has 0 aliphatic heterocycles. The molecule has 1 aliphatic carbocycles. The van der Waals surface area contributed by atoms with Gasteiger partial charge in [0.2, 0.25) is 5.91 Å². The van der Waals surface area contributed by atoms with Gasteiger partial charge in [0, 0.05) is 24.1 Å². The van der Waals surface area contributed by atoms with Gasteiger partial charge < -0.3 is 5.32 Å². The highest BCUT2D eigenvalue weighted by molar-refractivity contribution is 7.18. The number of ketones is 1. The second kappa shape index (κ2) is 7.00. The molecular formula is C21H20N2O2S. The monoisotopic (exact) mass is 364 g/mol. The molecule has 0 saturated carbocycles. The number of rotatable bonds is 5. The summed E-state index contributed by atoms with van der Waals surface area (Å²) >= 11 is 1.60. The number of Topliss-reactive ketones (excluding diaryl/α,β-unsaturated/α-hetero) is 1. The van der Waals surface area contributed by atoms with Crippen LogP contribution in [0.4, 0.5) is 5.69 Å². The van der Waals surface area contributed by atoms with Crippen molar-refractivity contribution in [3.05, 3.63) is 58.1 Å². The van der Waals surface area contributed by atoms with E-state index in [4.69, 9.17) is 0 Å². The van der Waals surface area contributed by atoms with Crippen LogP contribution in [0.25, 0.3) is 10.2 Å². The van der Waals surface area contributed by atoms with E-state index in [0.717, 1.165) is 39.3 Å². The fourth-order valence-corrected chi connectivity index (χ4v) is 4.32. The average Bonchev–Trinajstić information content (AvgIpc) is 3.23. The van der Waals surface area contributed by atoms with Gasteiger partial charge in [0.1, 0.15) is 0 Å². The minimum absolute atomic E-state index is 0.0309. The number of aromatic nitrogens is 1. The normalized spacial score (nSPS) is 13.0. The molecule has 1 aromatic heterocycles. The zero-order chi connectivity index (χ0) is 18.1. The molecule has 4 rings (SSSR count). The fourth-order valence-electron chi connectivity index (χ4n) is 3.46. The van der Waals surface area contributed by atoms with Gasteiger partial charge in [-0.1, -0.05) is 12.1 Å². The summed E-state index contributed by atoms with van der Waals surface area (Å²) < 4.78 is 1.05. The molecule has 1 aliphatic rings. The van der Waals surface area contributed by atoms with Crippen LogP contribution in [0.2, 0.25) is 0 Å². The van der Waals surface area contributed by atoms with Crippen molar-refractivity contribution in [3.8, 4) is 0 Å². The zero-order valence-electron chi connectivity index (χ0n) is 14.7. The maximum atomic E-state index is 12.4. The quantitative estimate of drug-likeness (QED) is 0.668. The number of aryl methyl sites for hydroxylation is 3. The number of thiazole rings is 1. The van der Waals surface area contributed by atoms with Crippen molar-refractivity contribution in [1.82, 2.24) is 4.98 Å². The smallest absolute Gasteiger partial charge is 0.224 e. The number of nitrogens with zero attached hydrogens (tertiary/aromatic N) is 1. The van der Waals surface area contributed by atoms with E-state index in [2.05, 4.69) is 16.4 Å². The average molecular weight is 364 g/mol. The summed E-state index contributed by atoms with van der Waals surface area (Å²) in [5.41, 5.74) is 5.05. The third-order valence-electron chi connectivity index (χ3n) is 4.78. The van der Waals surface area contributed by atoms with Gasteiger partial charge in [-0.05, 0) is 61.6 Å². The van der Waals surface area contributed by atoms with Gasteiger partial charge in [-0.25, -0.2) is 4.98 Å². The first-order valence-corrected chi connectivity index (χ1v) is 9.72. The second-order valence-corrected chi connectivity index (χ2v) is 7.96. The van der Waals surface area contributed by atoms with Crippen molar-refractivity contribution in [3.63, 3.8) is 0 Å². The Morgan fingerprint density at radius 2 is 1.92 bits per heavy atom. The molecule has 1 N–H and O–H groups in total. The van der Waals surface area contributed by atoms with Crippen LogP contribution in [0.5, 0.6) is 0 Å². The van der Waals surface area contributed by atoms with Crippen LogP contribution in [0, 0.1) is 6.92 Å². The summed E-state index contributed by atoms with van der Waals surface area (Å²) in [7, 11) is 0. The van der Waals surface area contributed by atoms with E-state index in [1.807, 2.05) is 37.3 Å². The van der Waals surface area contributed by atoms with Gasteiger partial charge >= 0.3 is 0 Å². The number of fused-ring (bicyclic) bond motifs is 2. The molecular weight excluding hydrogens is 344 g/mol. The highest BCUT2D eigenvalue weighted by atomic mass is 32.1. The third-order valence-corrected chi connectivity index (χ3v) is 5.71. The molecule has 5 heteroatoms. The lowest BCUT2D eigenvalue weighted by Gasteiger charge is -2.06.